The highest BCUT2D eigenvalue weighted by Gasteiger charge is 2.34. The van der Waals surface area contributed by atoms with Gasteiger partial charge < -0.3 is 9.47 Å². The van der Waals surface area contributed by atoms with Crippen molar-refractivity contribution in [2.45, 2.75) is 44.9 Å². The van der Waals surface area contributed by atoms with Crippen LogP contribution in [0.3, 0.4) is 0 Å². The number of sulfone groups is 1. The van der Waals surface area contributed by atoms with Gasteiger partial charge in [0, 0.05) is 19.1 Å². The van der Waals surface area contributed by atoms with Crippen molar-refractivity contribution >= 4 is 38.8 Å². The first-order chi connectivity index (χ1) is 13.3. The summed E-state index contributed by atoms with van der Waals surface area (Å²) in [4.78, 5) is 15.7. The lowest BCUT2D eigenvalue weighted by atomic mass is 10.1. The standard InChI is InChI=1S/C18H26N4O3S3/c1-4-21-17(15-6-5-8-26-15)19-20-18(21)27-11-16(23)22(10-13(2)3)14-7-9-28(24,25)12-14/h5-6,8,13-14H,4,7,9-12H2,1-3H3. The summed E-state index contributed by atoms with van der Waals surface area (Å²) in [7, 11) is -3.04. The van der Waals surface area contributed by atoms with Crippen LogP contribution in [0, 0.1) is 5.92 Å². The summed E-state index contributed by atoms with van der Waals surface area (Å²) in [5, 5.41) is 11.3. The fourth-order valence-electron chi connectivity index (χ4n) is 3.35. The molecule has 154 valence electrons. The molecule has 2 aromatic rings. The van der Waals surface area contributed by atoms with E-state index in [-0.39, 0.29) is 35.1 Å². The van der Waals surface area contributed by atoms with Crippen molar-refractivity contribution in [3.8, 4) is 10.7 Å². The van der Waals surface area contributed by atoms with E-state index >= 15 is 0 Å². The molecule has 2 aromatic heterocycles. The van der Waals surface area contributed by atoms with E-state index in [4.69, 9.17) is 0 Å². The molecule has 0 N–H and O–H groups in total. The minimum Gasteiger partial charge on any atom is -0.338 e. The van der Waals surface area contributed by atoms with E-state index in [9.17, 15) is 13.2 Å². The number of carbonyl (C=O) groups excluding carboxylic acids is 1. The maximum Gasteiger partial charge on any atom is 0.233 e. The fraction of sp³-hybridized carbons (Fsp3) is 0.611. The van der Waals surface area contributed by atoms with Gasteiger partial charge in [-0.05, 0) is 30.7 Å². The van der Waals surface area contributed by atoms with Crippen LogP contribution in [0.4, 0.5) is 0 Å². The van der Waals surface area contributed by atoms with E-state index in [1.807, 2.05) is 42.9 Å². The van der Waals surface area contributed by atoms with Crippen LogP contribution in [0.2, 0.25) is 0 Å². The number of rotatable bonds is 8. The quantitative estimate of drug-likeness (QED) is 0.585. The Hall–Kier alpha value is -1.39. The minimum atomic E-state index is -3.04. The van der Waals surface area contributed by atoms with Crippen LogP contribution in [0.5, 0.6) is 0 Å². The van der Waals surface area contributed by atoms with Crippen molar-refractivity contribution in [3.63, 3.8) is 0 Å². The Labute approximate surface area is 174 Å². The number of aromatic nitrogens is 3. The Kier molecular flexibility index (Phi) is 6.82. The van der Waals surface area contributed by atoms with Crippen LogP contribution in [0.15, 0.2) is 22.7 Å². The summed E-state index contributed by atoms with van der Waals surface area (Å²) in [6.45, 7) is 7.39. The second-order valence-corrected chi connectivity index (χ2v) is 11.4. The number of thioether (sulfide) groups is 1. The second-order valence-electron chi connectivity index (χ2n) is 7.31. The first-order valence-corrected chi connectivity index (χ1v) is 13.1. The first kappa shape index (κ1) is 21.3. The average Bonchev–Trinajstić information content (AvgIpc) is 3.36. The molecule has 0 radical (unpaired) electrons. The van der Waals surface area contributed by atoms with Crippen LogP contribution in [-0.2, 0) is 21.2 Å². The van der Waals surface area contributed by atoms with E-state index in [1.54, 1.807) is 16.2 Å². The molecule has 1 fully saturated rings. The SMILES string of the molecule is CCn1c(SCC(=O)N(CC(C)C)C2CCS(=O)(=O)C2)nnc1-c1cccs1. The molecule has 7 nitrogen and oxygen atoms in total. The lowest BCUT2D eigenvalue weighted by molar-refractivity contribution is -0.130. The molecule has 3 rings (SSSR count). The molecule has 0 saturated carbocycles. The molecule has 10 heteroatoms. The predicted octanol–water partition coefficient (Wildman–Crippen LogP) is 2.79. The van der Waals surface area contributed by atoms with Gasteiger partial charge in [-0.15, -0.1) is 21.5 Å². The zero-order valence-electron chi connectivity index (χ0n) is 16.4. The van der Waals surface area contributed by atoms with Crippen molar-refractivity contribution in [3.05, 3.63) is 17.5 Å². The van der Waals surface area contributed by atoms with Crippen LogP contribution in [0.25, 0.3) is 10.7 Å². The van der Waals surface area contributed by atoms with Gasteiger partial charge >= 0.3 is 0 Å². The third-order valence-corrected chi connectivity index (χ3v) is 8.20. The van der Waals surface area contributed by atoms with Gasteiger partial charge in [0.05, 0.1) is 22.1 Å². The Bertz CT molecular complexity index is 907. The second kappa shape index (κ2) is 8.96. The van der Waals surface area contributed by atoms with Crippen molar-refractivity contribution in [1.29, 1.82) is 0 Å². The third kappa shape index (κ3) is 4.96. The molecule has 3 heterocycles. The molecule has 0 aromatic carbocycles. The molecular weight excluding hydrogens is 416 g/mol. The lowest BCUT2D eigenvalue weighted by Crippen LogP contribution is -2.44. The number of hydrogen-bond donors (Lipinski definition) is 0. The zero-order valence-corrected chi connectivity index (χ0v) is 18.8. The largest absolute Gasteiger partial charge is 0.338 e. The summed E-state index contributed by atoms with van der Waals surface area (Å²) >= 11 is 2.97. The van der Waals surface area contributed by atoms with Gasteiger partial charge in [0.2, 0.25) is 5.91 Å². The number of thiophene rings is 1. The predicted molar refractivity (Wildman–Crippen MR) is 113 cm³/mol. The van der Waals surface area contributed by atoms with E-state index in [0.29, 0.717) is 24.7 Å². The highest BCUT2D eigenvalue weighted by Crippen LogP contribution is 2.28. The molecule has 1 atom stereocenters. The molecule has 0 spiro atoms. The Morgan fingerprint density at radius 3 is 2.79 bits per heavy atom. The molecule has 0 aliphatic carbocycles. The minimum absolute atomic E-state index is 0.0378. The molecule has 1 unspecified atom stereocenters. The monoisotopic (exact) mass is 442 g/mol. The van der Waals surface area contributed by atoms with Crippen molar-refractivity contribution in [2.24, 2.45) is 5.92 Å². The lowest BCUT2D eigenvalue weighted by Gasteiger charge is -2.29. The van der Waals surface area contributed by atoms with Crippen molar-refractivity contribution < 1.29 is 13.2 Å². The molecule has 1 aliphatic rings. The Morgan fingerprint density at radius 1 is 1.43 bits per heavy atom. The summed E-state index contributed by atoms with van der Waals surface area (Å²) in [6.07, 6.45) is 0.527. The molecule has 28 heavy (non-hydrogen) atoms. The number of hydrogen-bond acceptors (Lipinski definition) is 7. The Balaban J connectivity index is 1.71. The average molecular weight is 443 g/mol. The van der Waals surface area contributed by atoms with Gasteiger partial charge in [0.1, 0.15) is 0 Å². The third-order valence-electron chi connectivity index (χ3n) is 4.63. The van der Waals surface area contributed by atoms with Gasteiger partial charge in [-0.25, -0.2) is 8.42 Å². The fourth-order valence-corrected chi connectivity index (χ4v) is 6.68. The topological polar surface area (TPSA) is 85.2 Å². The number of carbonyl (C=O) groups is 1. The summed E-state index contributed by atoms with van der Waals surface area (Å²) < 4.78 is 25.7. The van der Waals surface area contributed by atoms with E-state index < -0.39 is 9.84 Å². The smallest absolute Gasteiger partial charge is 0.233 e. The first-order valence-electron chi connectivity index (χ1n) is 9.40. The Morgan fingerprint density at radius 2 is 2.21 bits per heavy atom. The van der Waals surface area contributed by atoms with Crippen LogP contribution < -0.4 is 0 Å². The van der Waals surface area contributed by atoms with Crippen molar-refractivity contribution in [2.75, 3.05) is 23.8 Å². The summed E-state index contributed by atoms with van der Waals surface area (Å²) in [5.74, 6) is 1.52. The van der Waals surface area contributed by atoms with Gasteiger partial charge in [0.25, 0.3) is 0 Å². The van der Waals surface area contributed by atoms with Crippen LogP contribution >= 0.6 is 23.1 Å². The number of amides is 1. The van der Waals surface area contributed by atoms with Gasteiger partial charge in [-0.3, -0.25) is 4.79 Å². The maximum absolute atomic E-state index is 12.9. The van der Waals surface area contributed by atoms with E-state index in [2.05, 4.69) is 10.2 Å². The van der Waals surface area contributed by atoms with Gasteiger partial charge in [-0.2, -0.15) is 0 Å². The van der Waals surface area contributed by atoms with E-state index in [0.717, 1.165) is 10.7 Å². The molecule has 0 bridgehead atoms. The molecule has 1 amide bonds. The molecule has 1 aliphatic heterocycles. The molecule has 1 saturated heterocycles. The van der Waals surface area contributed by atoms with Gasteiger partial charge in [0.15, 0.2) is 20.8 Å². The van der Waals surface area contributed by atoms with Crippen molar-refractivity contribution in [1.82, 2.24) is 19.7 Å². The summed E-state index contributed by atoms with van der Waals surface area (Å²) in [5.41, 5.74) is 0. The highest BCUT2D eigenvalue weighted by atomic mass is 32.2. The summed E-state index contributed by atoms with van der Waals surface area (Å²) in [6, 6.07) is 3.77. The van der Waals surface area contributed by atoms with E-state index in [1.165, 1.54) is 11.8 Å². The maximum atomic E-state index is 12.9. The molecular formula is C18H26N4O3S3. The van der Waals surface area contributed by atoms with Gasteiger partial charge in [-0.1, -0.05) is 31.7 Å². The van der Waals surface area contributed by atoms with Crippen LogP contribution in [0.1, 0.15) is 27.2 Å². The normalized spacial score (nSPS) is 18.6. The number of nitrogens with zero attached hydrogens (tertiary/aromatic N) is 4. The highest BCUT2D eigenvalue weighted by molar-refractivity contribution is 7.99. The zero-order chi connectivity index (χ0) is 20.3. The van der Waals surface area contributed by atoms with Crippen LogP contribution in [-0.4, -0.2) is 63.8 Å².